The summed E-state index contributed by atoms with van der Waals surface area (Å²) in [6.07, 6.45) is 8.79. The number of hydrogen-bond acceptors (Lipinski definition) is 3. The van der Waals surface area contributed by atoms with Gasteiger partial charge >= 0.3 is 0 Å². The number of nitrogens with one attached hydrogen (secondary N) is 1. The third-order valence-corrected chi connectivity index (χ3v) is 5.13. The van der Waals surface area contributed by atoms with Gasteiger partial charge in [0, 0.05) is 31.7 Å². The molecule has 2 aliphatic heterocycles. The van der Waals surface area contributed by atoms with Gasteiger partial charge in [0.25, 0.3) is 0 Å². The van der Waals surface area contributed by atoms with Gasteiger partial charge in [0.1, 0.15) is 0 Å². The van der Waals surface area contributed by atoms with E-state index in [4.69, 9.17) is 0 Å². The van der Waals surface area contributed by atoms with Gasteiger partial charge in [-0.2, -0.15) is 0 Å². The summed E-state index contributed by atoms with van der Waals surface area (Å²) >= 11 is 0. The summed E-state index contributed by atoms with van der Waals surface area (Å²) in [5.41, 5.74) is 0. The lowest BCUT2D eigenvalue weighted by molar-refractivity contribution is -0.137. The number of carbonyl (C=O) groups is 1. The summed E-state index contributed by atoms with van der Waals surface area (Å²) in [5.74, 6) is 0.370. The molecule has 114 valence electrons. The molecule has 2 heterocycles. The quantitative estimate of drug-likeness (QED) is 0.830. The monoisotopic (exact) mass is 279 g/mol. The van der Waals surface area contributed by atoms with Crippen molar-refractivity contribution in [3.05, 3.63) is 0 Å². The van der Waals surface area contributed by atoms with Crippen LogP contribution in [0.3, 0.4) is 0 Å². The second kappa shape index (κ2) is 6.44. The van der Waals surface area contributed by atoms with Crippen LogP contribution in [0.25, 0.3) is 0 Å². The molecule has 1 amide bonds. The average Bonchev–Trinajstić information content (AvgIpc) is 3.21. The Labute approximate surface area is 122 Å². The van der Waals surface area contributed by atoms with Gasteiger partial charge in [-0.15, -0.1) is 0 Å². The van der Waals surface area contributed by atoms with Crippen LogP contribution >= 0.6 is 0 Å². The van der Waals surface area contributed by atoms with Crippen LogP contribution in [0.15, 0.2) is 0 Å². The van der Waals surface area contributed by atoms with E-state index in [1.165, 1.54) is 44.9 Å². The van der Waals surface area contributed by atoms with Crippen LogP contribution in [-0.2, 0) is 4.79 Å². The van der Waals surface area contributed by atoms with Crippen molar-refractivity contribution >= 4 is 5.91 Å². The third-order valence-electron chi connectivity index (χ3n) is 5.13. The highest BCUT2D eigenvalue weighted by Crippen LogP contribution is 2.30. The van der Waals surface area contributed by atoms with Crippen LogP contribution in [0.1, 0.15) is 51.9 Å². The first-order valence-electron chi connectivity index (χ1n) is 8.53. The SMILES string of the molecule is CC(C(=O)N1CCCCC1)N(CC1CCCN1)C1CC1. The molecular weight excluding hydrogens is 250 g/mol. The highest BCUT2D eigenvalue weighted by atomic mass is 16.2. The topological polar surface area (TPSA) is 35.6 Å². The Morgan fingerprint density at radius 1 is 1.20 bits per heavy atom. The minimum atomic E-state index is 0.0722. The lowest BCUT2D eigenvalue weighted by Crippen LogP contribution is -2.52. The van der Waals surface area contributed by atoms with Crippen molar-refractivity contribution < 1.29 is 4.79 Å². The molecule has 4 heteroatoms. The van der Waals surface area contributed by atoms with Gasteiger partial charge in [-0.3, -0.25) is 9.69 Å². The molecule has 2 unspecified atom stereocenters. The normalized spacial score (nSPS) is 28.9. The summed E-state index contributed by atoms with van der Waals surface area (Å²) < 4.78 is 0. The Balaban J connectivity index is 1.58. The first-order chi connectivity index (χ1) is 9.75. The van der Waals surface area contributed by atoms with Crippen LogP contribution in [0.4, 0.5) is 0 Å². The lowest BCUT2D eigenvalue weighted by Gasteiger charge is -2.35. The highest BCUT2D eigenvalue weighted by Gasteiger charge is 2.38. The molecule has 4 nitrogen and oxygen atoms in total. The van der Waals surface area contributed by atoms with Gasteiger partial charge in [-0.05, 0) is 58.4 Å². The van der Waals surface area contributed by atoms with E-state index in [-0.39, 0.29) is 6.04 Å². The predicted molar refractivity (Wildman–Crippen MR) is 80.6 cm³/mol. The minimum Gasteiger partial charge on any atom is -0.341 e. The molecule has 20 heavy (non-hydrogen) atoms. The smallest absolute Gasteiger partial charge is 0.239 e. The number of likely N-dealkylation sites (tertiary alicyclic amines) is 1. The van der Waals surface area contributed by atoms with E-state index >= 15 is 0 Å². The van der Waals surface area contributed by atoms with Crippen molar-refractivity contribution in [2.45, 2.75) is 70.0 Å². The van der Waals surface area contributed by atoms with Crippen LogP contribution in [0, 0.1) is 0 Å². The Bertz CT molecular complexity index is 331. The molecule has 2 saturated heterocycles. The second-order valence-corrected chi connectivity index (χ2v) is 6.78. The first-order valence-corrected chi connectivity index (χ1v) is 8.53. The fourth-order valence-electron chi connectivity index (χ4n) is 3.72. The number of hydrogen-bond donors (Lipinski definition) is 1. The second-order valence-electron chi connectivity index (χ2n) is 6.78. The number of amides is 1. The first kappa shape index (κ1) is 14.3. The fourth-order valence-corrected chi connectivity index (χ4v) is 3.72. The zero-order valence-corrected chi connectivity index (χ0v) is 12.8. The molecule has 1 aliphatic carbocycles. The van der Waals surface area contributed by atoms with Crippen LogP contribution in [-0.4, -0.2) is 60.0 Å². The van der Waals surface area contributed by atoms with Gasteiger partial charge in [0.05, 0.1) is 6.04 Å². The third kappa shape index (κ3) is 3.34. The fraction of sp³-hybridized carbons (Fsp3) is 0.938. The van der Waals surface area contributed by atoms with Crippen LogP contribution < -0.4 is 5.32 Å². The maximum Gasteiger partial charge on any atom is 0.239 e. The molecule has 0 bridgehead atoms. The Morgan fingerprint density at radius 2 is 1.95 bits per heavy atom. The van der Waals surface area contributed by atoms with Crippen LogP contribution in [0.5, 0.6) is 0 Å². The molecule has 3 aliphatic rings. The number of rotatable bonds is 5. The standard InChI is InChI=1S/C16H29N3O/c1-13(16(20)18-10-3-2-4-11-18)19(15-7-8-15)12-14-6-5-9-17-14/h13-15,17H,2-12H2,1H3. The van der Waals surface area contributed by atoms with E-state index < -0.39 is 0 Å². The zero-order chi connectivity index (χ0) is 13.9. The molecule has 3 fully saturated rings. The van der Waals surface area contributed by atoms with Crippen molar-refractivity contribution in [1.82, 2.24) is 15.1 Å². The number of carbonyl (C=O) groups excluding carboxylic acids is 1. The lowest BCUT2D eigenvalue weighted by atomic mass is 10.1. The molecule has 0 aromatic carbocycles. The molecule has 3 rings (SSSR count). The Hall–Kier alpha value is -0.610. The zero-order valence-electron chi connectivity index (χ0n) is 12.8. The van der Waals surface area contributed by atoms with E-state index in [1.807, 2.05) is 0 Å². The molecule has 2 atom stereocenters. The van der Waals surface area contributed by atoms with Crippen molar-refractivity contribution in [1.29, 1.82) is 0 Å². The molecule has 0 aromatic heterocycles. The summed E-state index contributed by atoms with van der Waals surface area (Å²) in [7, 11) is 0. The van der Waals surface area contributed by atoms with Gasteiger partial charge in [0.2, 0.25) is 5.91 Å². The molecule has 0 radical (unpaired) electrons. The largest absolute Gasteiger partial charge is 0.341 e. The van der Waals surface area contributed by atoms with Gasteiger partial charge in [-0.25, -0.2) is 0 Å². The average molecular weight is 279 g/mol. The van der Waals surface area contributed by atoms with Crippen molar-refractivity contribution in [3.63, 3.8) is 0 Å². The number of nitrogens with zero attached hydrogens (tertiary/aromatic N) is 2. The van der Waals surface area contributed by atoms with Gasteiger partial charge in [-0.1, -0.05) is 0 Å². The molecule has 0 aromatic rings. The summed E-state index contributed by atoms with van der Waals surface area (Å²) in [4.78, 5) is 17.3. The van der Waals surface area contributed by atoms with E-state index in [9.17, 15) is 4.79 Å². The van der Waals surface area contributed by atoms with Crippen molar-refractivity contribution in [3.8, 4) is 0 Å². The predicted octanol–water partition coefficient (Wildman–Crippen LogP) is 1.60. The summed E-state index contributed by atoms with van der Waals surface area (Å²) in [5, 5.41) is 3.58. The van der Waals surface area contributed by atoms with Crippen molar-refractivity contribution in [2.75, 3.05) is 26.2 Å². The van der Waals surface area contributed by atoms with E-state index in [0.29, 0.717) is 18.0 Å². The summed E-state index contributed by atoms with van der Waals surface area (Å²) in [6, 6.07) is 1.34. The van der Waals surface area contributed by atoms with E-state index in [0.717, 1.165) is 26.2 Å². The maximum atomic E-state index is 12.7. The van der Waals surface area contributed by atoms with Gasteiger partial charge < -0.3 is 10.2 Å². The Morgan fingerprint density at radius 3 is 2.55 bits per heavy atom. The molecule has 0 spiro atoms. The molecular formula is C16H29N3O. The minimum absolute atomic E-state index is 0.0722. The molecule has 1 N–H and O–H groups in total. The highest BCUT2D eigenvalue weighted by molar-refractivity contribution is 5.81. The Kier molecular flexibility index (Phi) is 4.61. The van der Waals surface area contributed by atoms with E-state index in [2.05, 4.69) is 22.0 Å². The van der Waals surface area contributed by atoms with Crippen LogP contribution in [0.2, 0.25) is 0 Å². The van der Waals surface area contributed by atoms with E-state index in [1.54, 1.807) is 0 Å². The molecule has 1 saturated carbocycles. The maximum absolute atomic E-state index is 12.7. The summed E-state index contributed by atoms with van der Waals surface area (Å²) in [6.45, 7) is 6.29. The van der Waals surface area contributed by atoms with Gasteiger partial charge in [0.15, 0.2) is 0 Å². The van der Waals surface area contributed by atoms with Crippen molar-refractivity contribution in [2.24, 2.45) is 0 Å². The number of piperidine rings is 1.